The van der Waals surface area contributed by atoms with Crippen molar-refractivity contribution >= 4 is 34.7 Å². The Morgan fingerprint density at radius 3 is 2.86 bits per heavy atom. The van der Waals surface area contributed by atoms with Crippen LogP contribution in [-0.4, -0.2) is 93.0 Å². The van der Waals surface area contributed by atoms with Gasteiger partial charge in [0.05, 0.1) is 30.4 Å². The SMILES string of the molecule is O=C1COc2ncc(N3CC4(CCN(CC5Cc6cc7[nH]c([C@@H]8C[C@@H](O)CN8)nc7c(F)c6C5)CC4)OC3=O)nc2N1. The lowest BCUT2D eigenvalue weighted by Crippen LogP contribution is -2.48. The molecule has 1 spiro atoms. The predicted octanol–water partition coefficient (Wildman–Crippen LogP) is 1.42. The molecule has 3 saturated heterocycles. The second kappa shape index (κ2) is 9.57. The van der Waals surface area contributed by atoms with E-state index in [9.17, 15) is 14.7 Å². The highest BCUT2D eigenvalue weighted by Crippen LogP contribution is 2.38. The predicted molar refractivity (Wildman–Crippen MR) is 147 cm³/mol. The smallest absolute Gasteiger partial charge is 0.416 e. The number of fused-ring (bicyclic) bond motifs is 3. The lowest BCUT2D eigenvalue weighted by molar-refractivity contribution is -0.118. The van der Waals surface area contributed by atoms with Crippen molar-refractivity contribution in [1.29, 1.82) is 0 Å². The quantitative estimate of drug-likeness (QED) is 0.357. The summed E-state index contributed by atoms with van der Waals surface area (Å²) < 4.78 is 26.7. The highest BCUT2D eigenvalue weighted by molar-refractivity contribution is 5.94. The number of benzene rings is 1. The number of nitrogens with one attached hydrogen (secondary N) is 3. The van der Waals surface area contributed by atoms with Gasteiger partial charge in [-0.1, -0.05) is 0 Å². The number of aromatic amines is 1. The molecular formula is C28H31FN8O5. The molecule has 5 aliphatic rings. The van der Waals surface area contributed by atoms with E-state index in [0.29, 0.717) is 67.4 Å². The highest BCUT2D eigenvalue weighted by Gasteiger charge is 2.48. The van der Waals surface area contributed by atoms with Crippen LogP contribution in [0.5, 0.6) is 5.88 Å². The van der Waals surface area contributed by atoms with Crippen molar-refractivity contribution in [2.45, 2.75) is 49.9 Å². The number of halogens is 1. The molecule has 3 atom stereocenters. The minimum absolute atomic E-state index is 0.0915. The van der Waals surface area contributed by atoms with Crippen molar-refractivity contribution in [2.75, 3.05) is 49.5 Å². The average molecular weight is 579 g/mol. The van der Waals surface area contributed by atoms with Gasteiger partial charge in [-0.25, -0.2) is 24.1 Å². The van der Waals surface area contributed by atoms with E-state index in [-0.39, 0.29) is 36.1 Å². The lowest BCUT2D eigenvalue weighted by Gasteiger charge is -2.38. The Morgan fingerprint density at radius 2 is 2.05 bits per heavy atom. The molecule has 3 aromatic rings. The van der Waals surface area contributed by atoms with Crippen molar-refractivity contribution in [1.82, 2.24) is 30.2 Å². The summed E-state index contributed by atoms with van der Waals surface area (Å²) in [6.45, 7) is 3.13. The molecule has 2 aromatic heterocycles. The first-order valence-electron chi connectivity index (χ1n) is 14.5. The van der Waals surface area contributed by atoms with Gasteiger partial charge in [0.15, 0.2) is 24.1 Å². The minimum atomic E-state index is -0.609. The van der Waals surface area contributed by atoms with Gasteiger partial charge < -0.3 is 35.1 Å². The number of anilines is 2. The Bertz CT molecular complexity index is 1600. The van der Waals surface area contributed by atoms with Gasteiger partial charge >= 0.3 is 6.09 Å². The van der Waals surface area contributed by atoms with Gasteiger partial charge in [-0.15, -0.1) is 0 Å². The Morgan fingerprint density at radius 1 is 1.19 bits per heavy atom. The zero-order chi connectivity index (χ0) is 28.6. The molecule has 13 nitrogen and oxygen atoms in total. The van der Waals surface area contributed by atoms with E-state index in [1.165, 1.54) is 11.1 Å². The highest BCUT2D eigenvalue weighted by atomic mass is 19.1. The molecule has 8 rings (SSSR count). The van der Waals surface area contributed by atoms with Gasteiger partial charge in [0.25, 0.3) is 11.8 Å². The number of ether oxygens (including phenoxy) is 2. The average Bonchev–Trinajstić information content (AvgIpc) is 3.76. The first-order chi connectivity index (χ1) is 20.3. The van der Waals surface area contributed by atoms with Crippen LogP contribution in [0.15, 0.2) is 12.3 Å². The summed E-state index contributed by atoms with van der Waals surface area (Å²) in [6, 6.07) is 1.94. The Hall–Kier alpha value is -3.88. The van der Waals surface area contributed by atoms with Crippen LogP contribution in [0.4, 0.5) is 20.8 Å². The fourth-order valence-corrected chi connectivity index (χ4v) is 7.07. The summed E-state index contributed by atoms with van der Waals surface area (Å²) in [5, 5.41) is 15.7. The molecule has 4 aliphatic heterocycles. The van der Waals surface area contributed by atoms with Crippen LogP contribution in [0.25, 0.3) is 11.0 Å². The number of β-amino-alcohol motifs (C(OH)–C–C–N with tert-alkyl or cyclic N) is 1. The van der Waals surface area contributed by atoms with E-state index < -0.39 is 17.8 Å². The zero-order valence-electron chi connectivity index (χ0n) is 22.9. The maximum Gasteiger partial charge on any atom is 0.416 e. The van der Waals surface area contributed by atoms with Crippen LogP contribution in [0.3, 0.4) is 0 Å². The van der Waals surface area contributed by atoms with Crippen molar-refractivity contribution in [3.63, 3.8) is 0 Å². The summed E-state index contributed by atoms with van der Waals surface area (Å²) in [6.07, 6.45) is 3.97. The molecular weight excluding hydrogens is 547 g/mol. The summed E-state index contributed by atoms with van der Waals surface area (Å²) >= 11 is 0. The molecule has 6 heterocycles. The van der Waals surface area contributed by atoms with Gasteiger partial charge in [-0.05, 0) is 42.4 Å². The van der Waals surface area contributed by atoms with E-state index in [0.717, 1.165) is 37.2 Å². The van der Waals surface area contributed by atoms with Crippen LogP contribution < -0.4 is 20.3 Å². The number of aliphatic hydroxyl groups is 1. The maximum atomic E-state index is 15.6. The third-order valence-corrected chi connectivity index (χ3v) is 9.22. The molecule has 42 heavy (non-hydrogen) atoms. The number of aliphatic hydroxyl groups excluding tert-OH is 1. The second-order valence-corrected chi connectivity index (χ2v) is 12.1. The molecule has 3 fully saturated rings. The summed E-state index contributed by atoms with van der Waals surface area (Å²) in [5.74, 6) is 1.14. The van der Waals surface area contributed by atoms with E-state index in [1.807, 2.05) is 6.07 Å². The number of rotatable bonds is 4. The number of likely N-dealkylation sites (tertiary alicyclic amines) is 1. The van der Waals surface area contributed by atoms with Crippen LogP contribution in [0.2, 0.25) is 0 Å². The number of hydrogen-bond acceptors (Lipinski definition) is 10. The van der Waals surface area contributed by atoms with Gasteiger partial charge in [0.1, 0.15) is 16.9 Å². The number of nitrogens with zero attached hydrogens (tertiary/aromatic N) is 5. The molecule has 0 bridgehead atoms. The molecule has 1 aliphatic carbocycles. The van der Waals surface area contributed by atoms with Gasteiger partial charge in [-0.3, -0.25) is 9.69 Å². The monoisotopic (exact) mass is 578 g/mol. The van der Waals surface area contributed by atoms with E-state index in [4.69, 9.17) is 9.47 Å². The lowest BCUT2D eigenvalue weighted by atomic mass is 9.90. The molecule has 1 unspecified atom stereocenters. The largest absolute Gasteiger partial charge is 0.465 e. The topological polar surface area (TPSA) is 158 Å². The second-order valence-electron chi connectivity index (χ2n) is 12.1. The molecule has 1 aromatic carbocycles. The van der Waals surface area contributed by atoms with Crippen molar-refractivity contribution in [2.24, 2.45) is 5.92 Å². The fourth-order valence-electron chi connectivity index (χ4n) is 7.07. The molecule has 2 amide bonds. The fraction of sp³-hybridized carbons (Fsp3) is 0.536. The summed E-state index contributed by atoms with van der Waals surface area (Å²) in [4.78, 5) is 44.7. The van der Waals surface area contributed by atoms with E-state index in [1.54, 1.807) is 0 Å². The van der Waals surface area contributed by atoms with E-state index >= 15 is 4.39 Å². The zero-order valence-corrected chi connectivity index (χ0v) is 22.9. The number of piperidine rings is 1. The van der Waals surface area contributed by atoms with Crippen molar-refractivity contribution in [3.05, 3.63) is 35.0 Å². The number of carbonyl (C=O) groups excluding carboxylic acids is 2. The van der Waals surface area contributed by atoms with Gasteiger partial charge in [-0.2, -0.15) is 0 Å². The first-order valence-corrected chi connectivity index (χ1v) is 14.5. The maximum absolute atomic E-state index is 15.6. The number of carbonyl (C=O) groups is 2. The van der Waals surface area contributed by atoms with Crippen LogP contribution in [-0.2, 0) is 22.4 Å². The van der Waals surface area contributed by atoms with Crippen LogP contribution in [0, 0.1) is 11.7 Å². The summed E-state index contributed by atoms with van der Waals surface area (Å²) in [7, 11) is 0. The van der Waals surface area contributed by atoms with Crippen LogP contribution in [0.1, 0.15) is 42.3 Å². The third kappa shape index (κ3) is 4.36. The number of H-pyrrole nitrogens is 1. The molecule has 14 heteroatoms. The first kappa shape index (κ1) is 25.8. The molecule has 4 N–H and O–H groups in total. The van der Waals surface area contributed by atoms with Crippen molar-refractivity contribution < 1.29 is 28.6 Å². The van der Waals surface area contributed by atoms with E-state index in [2.05, 4.69) is 35.5 Å². The molecule has 220 valence electrons. The van der Waals surface area contributed by atoms with Gasteiger partial charge in [0, 0.05) is 39.0 Å². The molecule has 0 radical (unpaired) electrons. The number of hydrogen-bond donors (Lipinski definition) is 4. The summed E-state index contributed by atoms with van der Waals surface area (Å²) in [5.41, 5.74) is 2.25. The van der Waals surface area contributed by atoms with Crippen LogP contribution >= 0.6 is 0 Å². The van der Waals surface area contributed by atoms with Crippen molar-refractivity contribution in [3.8, 4) is 5.88 Å². The van der Waals surface area contributed by atoms with Gasteiger partial charge in [0.2, 0.25) is 0 Å². The minimum Gasteiger partial charge on any atom is -0.465 e. The number of amides is 2. The molecule has 0 saturated carbocycles. The number of aromatic nitrogens is 4. The standard InChI is InChI=1S/C28H31FN8O5/c29-22-17-6-14(5-15(17)7-18-23(22)35-24(32-18)19-8-16(38)9-30-19)11-36-3-1-28(2-4-36)13-37(27(40)42-28)20-10-31-26-25(33-20)34-21(39)12-41-26/h7,10,14,16,19,30,38H,1-6,8-9,11-13H2,(H,32,35)(H,33,34,39)/t14?,16-,19+/m1/s1. The third-order valence-electron chi connectivity index (χ3n) is 9.22. The Kier molecular flexibility index (Phi) is 5.88. The normalized spacial score (nSPS) is 26.8. The number of imidazole rings is 1. The Balaban J connectivity index is 0.899. The Labute approximate surface area is 239 Å².